The topological polar surface area (TPSA) is 85.6 Å². The van der Waals surface area contributed by atoms with Gasteiger partial charge in [0.25, 0.3) is 0 Å². The minimum atomic E-state index is 0. The summed E-state index contributed by atoms with van der Waals surface area (Å²) in [6.07, 6.45) is 1.52. The summed E-state index contributed by atoms with van der Waals surface area (Å²) in [5.41, 5.74) is 0.922. The van der Waals surface area contributed by atoms with E-state index in [4.69, 9.17) is 21.1 Å². The molecule has 0 atom stereocenters. The SMILES string of the molecule is CCNC(=NCc1cc(Cl)c(OCC)c(OC)c1)NCc1ncnn1C.I. The molecule has 0 aliphatic rings. The summed E-state index contributed by atoms with van der Waals surface area (Å²) in [4.78, 5) is 8.77. The van der Waals surface area contributed by atoms with Crippen molar-refractivity contribution in [3.63, 3.8) is 0 Å². The van der Waals surface area contributed by atoms with Crippen molar-refractivity contribution in [3.05, 3.63) is 34.9 Å². The summed E-state index contributed by atoms with van der Waals surface area (Å²) in [5, 5.41) is 11.0. The molecule has 1 aromatic heterocycles. The monoisotopic (exact) mass is 508 g/mol. The fourth-order valence-electron chi connectivity index (χ4n) is 2.30. The number of hydrogen-bond acceptors (Lipinski definition) is 5. The van der Waals surface area contributed by atoms with Crippen LogP contribution >= 0.6 is 35.6 Å². The van der Waals surface area contributed by atoms with E-state index in [-0.39, 0.29) is 24.0 Å². The van der Waals surface area contributed by atoms with Crippen LogP contribution in [0.2, 0.25) is 5.02 Å². The Morgan fingerprint density at radius 3 is 2.67 bits per heavy atom. The van der Waals surface area contributed by atoms with Gasteiger partial charge in [-0.05, 0) is 31.5 Å². The lowest BCUT2D eigenvalue weighted by atomic mass is 10.2. The third kappa shape index (κ3) is 6.73. The number of ether oxygens (including phenoxy) is 2. The van der Waals surface area contributed by atoms with E-state index >= 15 is 0 Å². The third-order valence-corrected chi connectivity index (χ3v) is 3.84. The van der Waals surface area contributed by atoms with Crippen molar-refractivity contribution in [1.29, 1.82) is 0 Å². The molecule has 0 saturated heterocycles. The average Bonchev–Trinajstić information content (AvgIpc) is 3.04. The Bertz CT molecular complexity index is 753. The molecule has 0 spiro atoms. The second kappa shape index (κ2) is 11.9. The zero-order valence-electron chi connectivity index (χ0n) is 16.0. The first-order chi connectivity index (χ1) is 12.6. The number of halogens is 2. The van der Waals surface area contributed by atoms with Crippen molar-refractivity contribution < 1.29 is 9.47 Å². The fourth-order valence-corrected chi connectivity index (χ4v) is 2.59. The van der Waals surface area contributed by atoms with Crippen molar-refractivity contribution >= 4 is 41.5 Å². The summed E-state index contributed by atoms with van der Waals surface area (Å²) in [6.45, 7) is 6.14. The molecule has 2 rings (SSSR count). The van der Waals surface area contributed by atoms with Gasteiger partial charge < -0.3 is 20.1 Å². The molecule has 0 bridgehead atoms. The van der Waals surface area contributed by atoms with Gasteiger partial charge in [-0.2, -0.15) is 5.10 Å². The molecule has 10 heteroatoms. The van der Waals surface area contributed by atoms with Crippen molar-refractivity contribution in [2.24, 2.45) is 12.0 Å². The molecule has 0 fully saturated rings. The quantitative estimate of drug-likeness (QED) is 0.324. The first kappa shape index (κ1) is 23.3. The van der Waals surface area contributed by atoms with Gasteiger partial charge in [0.2, 0.25) is 0 Å². The maximum Gasteiger partial charge on any atom is 0.191 e. The number of methoxy groups -OCH3 is 1. The van der Waals surface area contributed by atoms with Gasteiger partial charge in [-0.15, -0.1) is 24.0 Å². The molecule has 0 saturated carbocycles. The van der Waals surface area contributed by atoms with Crippen LogP contribution in [0, 0.1) is 0 Å². The first-order valence-electron chi connectivity index (χ1n) is 8.43. The Labute approximate surface area is 181 Å². The van der Waals surface area contributed by atoms with Crippen LogP contribution in [-0.4, -0.2) is 41.0 Å². The maximum atomic E-state index is 6.31. The van der Waals surface area contributed by atoms with Gasteiger partial charge in [0.15, 0.2) is 17.5 Å². The number of rotatable bonds is 8. The van der Waals surface area contributed by atoms with Crippen molar-refractivity contribution in [3.8, 4) is 11.5 Å². The van der Waals surface area contributed by atoms with Gasteiger partial charge in [0, 0.05) is 13.6 Å². The first-order valence-corrected chi connectivity index (χ1v) is 8.81. The Hall–Kier alpha value is -1.75. The highest BCUT2D eigenvalue weighted by atomic mass is 127. The Morgan fingerprint density at radius 2 is 2.07 bits per heavy atom. The number of nitrogens with one attached hydrogen (secondary N) is 2. The summed E-state index contributed by atoms with van der Waals surface area (Å²) >= 11 is 6.31. The minimum absolute atomic E-state index is 0. The molecular formula is C17H26ClIN6O2. The third-order valence-electron chi connectivity index (χ3n) is 3.56. The van der Waals surface area contributed by atoms with Crippen LogP contribution in [0.25, 0.3) is 0 Å². The minimum Gasteiger partial charge on any atom is -0.493 e. The zero-order valence-corrected chi connectivity index (χ0v) is 19.0. The van der Waals surface area contributed by atoms with Crippen LogP contribution in [0.4, 0.5) is 0 Å². The van der Waals surface area contributed by atoms with E-state index in [0.29, 0.717) is 42.2 Å². The highest BCUT2D eigenvalue weighted by Gasteiger charge is 2.11. The number of aromatic nitrogens is 3. The van der Waals surface area contributed by atoms with Crippen LogP contribution in [0.15, 0.2) is 23.5 Å². The molecule has 1 heterocycles. The van der Waals surface area contributed by atoms with Crippen molar-refractivity contribution in [2.75, 3.05) is 20.3 Å². The van der Waals surface area contributed by atoms with E-state index in [0.717, 1.165) is 17.9 Å². The predicted molar refractivity (Wildman–Crippen MR) is 117 cm³/mol. The maximum absolute atomic E-state index is 6.31. The molecule has 1 aromatic carbocycles. The molecule has 0 aliphatic carbocycles. The van der Waals surface area contributed by atoms with E-state index in [2.05, 4.69) is 25.7 Å². The summed E-state index contributed by atoms with van der Waals surface area (Å²) in [7, 11) is 3.44. The zero-order chi connectivity index (χ0) is 18.9. The van der Waals surface area contributed by atoms with Crippen LogP contribution in [0.1, 0.15) is 25.2 Å². The van der Waals surface area contributed by atoms with E-state index in [1.165, 1.54) is 6.33 Å². The lowest BCUT2D eigenvalue weighted by Crippen LogP contribution is -2.37. The number of guanidine groups is 1. The van der Waals surface area contributed by atoms with Gasteiger partial charge in [-0.3, -0.25) is 4.68 Å². The molecular weight excluding hydrogens is 483 g/mol. The number of benzene rings is 1. The van der Waals surface area contributed by atoms with Crippen molar-refractivity contribution in [1.82, 2.24) is 25.4 Å². The Kier molecular flexibility index (Phi) is 10.2. The lowest BCUT2D eigenvalue weighted by Gasteiger charge is -2.13. The molecule has 27 heavy (non-hydrogen) atoms. The van der Waals surface area contributed by atoms with Gasteiger partial charge in [0.05, 0.1) is 31.8 Å². The molecule has 0 amide bonds. The average molecular weight is 509 g/mol. The van der Waals surface area contributed by atoms with Crippen LogP contribution < -0.4 is 20.1 Å². The van der Waals surface area contributed by atoms with E-state index in [1.54, 1.807) is 11.8 Å². The van der Waals surface area contributed by atoms with E-state index < -0.39 is 0 Å². The Morgan fingerprint density at radius 1 is 1.30 bits per heavy atom. The summed E-state index contributed by atoms with van der Waals surface area (Å²) in [6, 6.07) is 3.72. The second-order valence-corrected chi connectivity index (χ2v) is 5.80. The number of nitrogens with zero attached hydrogens (tertiary/aromatic N) is 4. The summed E-state index contributed by atoms with van der Waals surface area (Å²) in [5.74, 6) is 2.65. The number of hydrogen-bond donors (Lipinski definition) is 2. The molecule has 0 unspecified atom stereocenters. The number of aliphatic imine (C=N–C) groups is 1. The van der Waals surface area contributed by atoms with E-state index in [1.807, 2.05) is 33.0 Å². The normalized spacial score (nSPS) is 10.9. The molecule has 8 nitrogen and oxygen atoms in total. The largest absolute Gasteiger partial charge is 0.493 e. The van der Waals surface area contributed by atoms with Gasteiger partial charge in [0.1, 0.15) is 12.2 Å². The fraction of sp³-hybridized carbons (Fsp3) is 0.471. The second-order valence-electron chi connectivity index (χ2n) is 5.39. The molecule has 150 valence electrons. The Balaban J connectivity index is 0.00000364. The van der Waals surface area contributed by atoms with Crippen molar-refractivity contribution in [2.45, 2.75) is 26.9 Å². The van der Waals surface area contributed by atoms with E-state index in [9.17, 15) is 0 Å². The van der Waals surface area contributed by atoms with Crippen LogP contribution in [0.3, 0.4) is 0 Å². The molecule has 0 aliphatic heterocycles. The van der Waals surface area contributed by atoms with Gasteiger partial charge in [-0.1, -0.05) is 11.6 Å². The highest BCUT2D eigenvalue weighted by molar-refractivity contribution is 14.0. The number of aryl methyl sites for hydroxylation is 1. The predicted octanol–water partition coefficient (Wildman–Crippen LogP) is 2.75. The molecule has 2 aromatic rings. The highest BCUT2D eigenvalue weighted by Crippen LogP contribution is 2.36. The van der Waals surface area contributed by atoms with Gasteiger partial charge >= 0.3 is 0 Å². The van der Waals surface area contributed by atoms with Crippen LogP contribution in [0.5, 0.6) is 11.5 Å². The molecule has 0 radical (unpaired) electrons. The standard InChI is InChI=1S/C17H25ClN6O2.HI/c1-5-19-17(21-10-15-22-11-23-24(15)3)20-9-12-7-13(18)16(26-6-2)14(8-12)25-4;/h7-8,11H,5-6,9-10H2,1-4H3,(H2,19,20,21);1H. The molecule has 2 N–H and O–H groups in total. The van der Waals surface area contributed by atoms with Gasteiger partial charge in [-0.25, -0.2) is 9.98 Å². The summed E-state index contributed by atoms with van der Waals surface area (Å²) < 4.78 is 12.6. The van der Waals surface area contributed by atoms with Crippen LogP contribution in [-0.2, 0) is 20.1 Å². The lowest BCUT2D eigenvalue weighted by molar-refractivity contribution is 0.311. The smallest absolute Gasteiger partial charge is 0.191 e.